The van der Waals surface area contributed by atoms with Gasteiger partial charge in [-0.15, -0.1) is 0 Å². The van der Waals surface area contributed by atoms with Gasteiger partial charge in [-0.25, -0.2) is 14.2 Å². The molecule has 1 aliphatic rings. The summed E-state index contributed by atoms with van der Waals surface area (Å²) in [5, 5.41) is 0.142. The summed E-state index contributed by atoms with van der Waals surface area (Å²) in [6.07, 6.45) is 2.78. The van der Waals surface area contributed by atoms with Crippen LogP contribution >= 0.6 is 22.9 Å². The fraction of sp³-hybridized carbons (Fsp3) is 0.185. The molecule has 4 rings (SSSR count). The van der Waals surface area contributed by atoms with Crippen LogP contribution in [-0.4, -0.2) is 30.2 Å². The van der Waals surface area contributed by atoms with Gasteiger partial charge in [0, 0.05) is 12.5 Å². The second-order valence-corrected chi connectivity index (χ2v) is 9.52. The van der Waals surface area contributed by atoms with Crippen molar-refractivity contribution in [1.82, 2.24) is 4.57 Å². The van der Waals surface area contributed by atoms with Crippen LogP contribution in [0.2, 0.25) is 5.02 Å². The quantitative estimate of drug-likeness (QED) is 0.250. The van der Waals surface area contributed by atoms with E-state index in [-0.39, 0.29) is 38.8 Å². The minimum atomic E-state index is -0.970. The molecule has 0 bridgehead atoms. The molecule has 2 aromatic carbocycles. The van der Waals surface area contributed by atoms with Crippen molar-refractivity contribution in [3.8, 4) is 11.5 Å². The van der Waals surface area contributed by atoms with Crippen LogP contribution in [0, 0.1) is 5.82 Å². The molecule has 0 radical (unpaired) electrons. The minimum absolute atomic E-state index is 0.0484. The Balaban J connectivity index is 1.97. The molecule has 3 aromatic rings. The molecule has 38 heavy (non-hydrogen) atoms. The number of carbonyl (C=O) groups excluding carboxylic acids is 2. The van der Waals surface area contributed by atoms with Gasteiger partial charge in [-0.2, -0.15) is 0 Å². The van der Waals surface area contributed by atoms with Gasteiger partial charge in [-0.1, -0.05) is 47.7 Å². The molecule has 0 fully saturated rings. The molecule has 11 heteroatoms. The smallest absolute Gasteiger partial charge is 0.338 e. The minimum Gasteiger partial charge on any atom is -0.493 e. The molecule has 1 atom stereocenters. The molecular weight excluding hydrogens is 535 g/mol. The first-order valence-corrected chi connectivity index (χ1v) is 12.5. The highest BCUT2D eigenvalue weighted by Gasteiger charge is 2.34. The van der Waals surface area contributed by atoms with E-state index in [2.05, 4.69) is 11.6 Å². The number of benzene rings is 2. The van der Waals surface area contributed by atoms with E-state index in [9.17, 15) is 18.8 Å². The zero-order chi connectivity index (χ0) is 27.6. The number of hydrogen-bond acceptors (Lipinski definition) is 8. The third-order valence-electron chi connectivity index (χ3n) is 5.61. The van der Waals surface area contributed by atoms with Crippen LogP contribution in [0.25, 0.3) is 6.08 Å². The van der Waals surface area contributed by atoms with Crippen molar-refractivity contribution in [2.75, 3.05) is 13.7 Å². The molecule has 0 N–H and O–H groups in total. The van der Waals surface area contributed by atoms with Crippen LogP contribution < -0.4 is 24.4 Å². The lowest BCUT2D eigenvalue weighted by atomic mass is 9.95. The zero-order valence-corrected chi connectivity index (χ0v) is 22.2. The molecule has 0 spiro atoms. The van der Waals surface area contributed by atoms with E-state index in [4.69, 9.17) is 25.8 Å². The lowest BCUT2D eigenvalue weighted by Gasteiger charge is -2.25. The topological polar surface area (TPSA) is 96.2 Å². The van der Waals surface area contributed by atoms with E-state index in [1.807, 2.05) is 0 Å². The van der Waals surface area contributed by atoms with Gasteiger partial charge in [-0.05, 0) is 42.8 Å². The SMILES string of the molecule is C=CCOC(=O)C1=C(C)N=c2sc(=Cc3c(F)cccc3Cl)c(=O)n2C1c1ccc(OC(C)=O)c(OC)c1. The number of fused-ring (bicyclic) bond motifs is 1. The number of thiazole rings is 1. The van der Waals surface area contributed by atoms with E-state index in [1.54, 1.807) is 19.1 Å². The number of esters is 2. The molecule has 196 valence electrons. The van der Waals surface area contributed by atoms with Crippen LogP contribution in [0.4, 0.5) is 4.39 Å². The van der Waals surface area contributed by atoms with Gasteiger partial charge in [0.05, 0.1) is 34.0 Å². The van der Waals surface area contributed by atoms with Gasteiger partial charge in [0.25, 0.3) is 5.56 Å². The highest BCUT2D eigenvalue weighted by Crippen LogP contribution is 2.36. The van der Waals surface area contributed by atoms with Gasteiger partial charge < -0.3 is 14.2 Å². The fourth-order valence-corrected chi connectivity index (χ4v) is 5.23. The summed E-state index contributed by atoms with van der Waals surface area (Å²) in [5.74, 6) is -1.44. The van der Waals surface area contributed by atoms with Crippen molar-refractivity contribution in [3.05, 3.63) is 102 Å². The maximum absolute atomic E-state index is 14.5. The molecule has 0 saturated heterocycles. The number of aromatic nitrogens is 1. The van der Waals surface area contributed by atoms with Gasteiger partial charge in [0.15, 0.2) is 16.3 Å². The number of allylic oxidation sites excluding steroid dienone is 1. The first-order valence-electron chi connectivity index (χ1n) is 11.3. The van der Waals surface area contributed by atoms with Crippen LogP contribution in [-0.2, 0) is 14.3 Å². The highest BCUT2D eigenvalue weighted by atomic mass is 35.5. The monoisotopic (exact) mass is 556 g/mol. The Kier molecular flexibility index (Phi) is 7.94. The average molecular weight is 557 g/mol. The Morgan fingerprint density at radius 3 is 2.68 bits per heavy atom. The summed E-state index contributed by atoms with van der Waals surface area (Å²) in [6, 6.07) is 7.93. The summed E-state index contributed by atoms with van der Waals surface area (Å²) in [6.45, 7) is 6.40. The third kappa shape index (κ3) is 5.18. The van der Waals surface area contributed by atoms with Crippen molar-refractivity contribution in [1.29, 1.82) is 0 Å². The van der Waals surface area contributed by atoms with Crippen LogP contribution in [0.5, 0.6) is 11.5 Å². The lowest BCUT2D eigenvalue weighted by Crippen LogP contribution is -2.40. The van der Waals surface area contributed by atoms with Gasteiger partial charge in [0.2, 0.25) is 0 Å². The molecule has 1 unspecified atom stereocenters. The molecule has 0 aliphatic carbocycles. The Morgan fingerprint density at radius 1 is 1.26 bits per heavy atom. The standard InChI is InChI=1S/C27H22ClFN2O6S/c1-5-11-36-26(34)23-14(2)30-27-31(24(23)16-9-10-20(37-15(3)32)21(12-16)35-4)25(33)22(38-27)13-17-18(28)7-6-8-19(17)29/h5-10,12-13,24H,1,11H2,2-4H3. The van der Waals surface area contributed by atoms with Crippen molar-refractivity contribution in [3.63, 3.8) is 0 Å². The second kappa shape index (κ2) is 11.2. The highest BCUT2D eigenvalue weighted by molar-refractivity contribution is 7.07. The maximum atomic E-state index is 14.5. The molecule has 0 saturated carbocycles. The van der Waals surface area contributed by atoms with Crippen molar-refractivity contribution in [2.45, 2.75) is 19.9 Å². The van der Waals surface area contributed by atoms with Gasteiger partial charge in [0.1, 0.15) is 12.4 Å². The first-order chi connectivity index (χ1) is 18.2. The predicted molar refractivity (Wildman–Crippen MR) is 141 cm³/mol. The van der Waals surface area contributed by atoms with Gasteiger partial charge in [-0.3, -0.25) is 14.2 Å². The average Bonchev–Trinajstić information content (AvgIpc) is 3.18. The lowest BCUT2D eigenvalue weighted by molar-refractivity contribution is -0.138. The molecule has 0 amide bonds. The maximum Gasteiger partial charge on any atom is 0.338 e. The largest absolute Gasteiger partial charge is 0.493 e. The van der Waals surface area contributed by atoms with Crippen LogP contribution in [0.15, 0.2) is 70.1 Å². The fourth-order valence-electron chi connectivity index (χ4n) is 3.98. The molecule has 8 nitrogen and oxygen atoms in total. The van der Waals surface area contributed by atoms with E-state index in [0.717, 1.165) is 11.3 Å². The van der Waals surface area contributed by atoms with Crippen molar-refractivity contribution in [2.24, 2.45) is 4.99 Å². The summed E-state index contributed by atoms with van der Waals surface area (Å²) < 4.78 is 31.9. The normalized spacial score (nSPS) is 15.0. The second-order valence-electron chi connectivity index (χ2n) is 8.11. The van der Waals surface area contributed by atoms with E-state index < -0.39 is 29.4 Å². The number of ether oxygens (including phenoxy) is 3. The zero-order valence-electron chi connectivity index (χ0n) is 20.6. The van der Waals surface area contributed by atoms with Crippen molar-refractivity contribution < 1.29 is 28.2 Å². The number of methoxy groups -OCH3 is 1. The van der Waals surface area contributed by atoms with E-state index in [0.29, 0.717) is 16.1 Å². The van der Waals surface area contributed by atoms with Crippen molar-refractivity contribution >= 4 is 41.0 Å². The summed E-state index contributed by atoms with van der Waals surface area (Å²) in [4.78, 5) is 43.1. The molecule has 2 heterocycles. The number of rotatable bonds is 7. The van der Waals surface area contributed by atoms with Crippen LogP contribution in [0.3, 0.4) is 0 Å². The van der Waals surface area contributed by atoms with Crippen LogP contribution in [0.1, 0.15) is 31.0 Å². The summed E-state index contributed by atoms with van der Waals surface area (Å²) in [7, 11) is 1.40. The molecule has 1 aliphatic heterocycles. The number of halogens is 2. The first kappa shape index (κ1) is 27.0. The van der Waals surface area contributed by atoms with E-state index >= 15 is 0 Å². The molecule has 1 aromatic heterocycles. The summed E-state index contributed by atoms with van der Waals surface area (Å²) >= 11 is 7.21. The predicted octanol–water partition coefficient (Wildman–Crippen LogP) is 3.69. The molecular formula is C27H22ClFN2O6S. The number of carbonyl (C=O) groups is 2. The Labute approximate surface area is 225 Å². The third-order valence-corrected chi connectivity index (χ3v) is 6.92. The Hall–Kier alpha value is -4.02. The Morgan fingerprint density at radius 2 is 2.03 bits per heavy atom. The van der Waals surface area contributed by atoms with Gasteiger partial charge >= 0.3 is 11.9 Å². The number of nitrogens with zero attached hydrogens (tertiary/aromatic N) is 2. The number of hydrogen-bond donors (Lipinski definition) is 0. The van der Waals surface area contributed by atoms with E-state index in [1.165, 1.54) is 55.0 Å². The summed E-state index contributed by atoms with van der Waals surface area (Å²) in [5.41, 5.74) is 0.474. The Bertz CT molecular complexity index is 1650.